The minimum absolute atomic E-state index is 0.0267. The van der Waals surface area contributed by atoms with Gasteiger partial charge in [-0.2, -0.15) is 13.2 Å². The number of benzene rings is 2. The third-order valence-electron chi connectivity index (χ3n) is 4.62. The molecule has 0 spiro atoms. The Labute approximate surface area is 156 Å². The van der Waals surface area contributed by atoms with Crippen molar-refractivity contribution in [2.24, 2.45) is 0 Å². The number of sulfone groups is 1. The monoisotopic (exact) mass is 399 g/mol. The Balaban J connectivity index is 1.69. The maximum Gasteiger partial charge on any atom is 0.416 e. The normalized spacial score (nSPS) is 20.7. The molecule has 2 atom stereocenters. The van der Waals surface area contributed by atoms with Gasteiger partial charge in [0, 0.05) is 25.3 Å². The van der Waals surface area contributed by atoms with E-state index in [1.807, 2.05) is 6.07 Å². The second kappa shape index (κ2) is 7.61. The number of halogens is 3. The van der Waals surface area contributed by atoms with E-state index in [-0.39, 0.29) is 23.5 Å². The van der Waals surface area contributed by atoms with Gasteiger partial charge in [0.1, 0.15) is 0 Å². The first kappa shape index (κ1) is 19.9. The molecule has 1 saturated heterocycles. The van der Waals surface area contributed by atoms with E-state index >= 15 is 0 Å². The van der Waals surface area contributed by atoms with E-state index in [9.17, 15) is 21.6 Å². The van der Waals surface area contributed by atoms with Crippen LogP contribution in [-0.4, -0.2) is 33.9 Å². The van der Waals surface area contributed by atoms with Gasteiger partial charge in [-0.3, -0.25) is 0 Å². The second-order valence-electron chi connectivity index (χ2n) is 6.65. The first-order chi connectivity index (χ1) is 12.6. The topological polar surface area (TPSA) is 55.4 Å². The molecule has 27 heavy (non-hydrogen) atoms. The van der Waals surface area contributed by atoms with Crippen molar-refractivity contribution in [1.29, 1.82) is 0 Å². The predicted molar refractivity (Wildman–Crippen MR) is 95.2 cm³/mol. The summed E-state index contributed by atoms with van der Waals surface area (Å²) in [6.07, 6.45) is -3.38. The molecule has 0 radical (unpaired) electrons. The Morgan fingerprint density at radius 3 is 2.44 bits per heavy atom. The molecule has 0 saturated carbocycles. The first-order valence-electron chi connectivity index (χ1n) is 8.43. The molecule has 1 aliphatic heterocycles. The molecule has 1 fully saturated rings. The lowest BCUT2D eigenvalue weighted by atomic mass is 9.96. The van der Waals surface area contributed by atoms with Crippen molar-refractivity contribution in [3.8, 4) is 0 Å². The van der Waals surface area contributed by atoms with Gasteiger partial charge in [0.15, 0.2) is 9.84 Å². The van der Waals surface area contributed by atoms with Crippen molar-refractivity contribution in [1.82, 2.24) is 5.32 Å². The summed E-state index contributed by atoms with van der Waals surface area (Å²) in [6.45, 7) is 1.42. The average molecular weight is 399 g/mol. The number of rotatable bonds is 5. The van der Waals surface area contributed by atoms with Crippen molar-refractivity contribution in [2.45, 2.75) is 29.7 Å². The molecule has 146 valence electrons. The van der Waals surface area contributed by atoms with Gasteiger partial charge in [-0.05, 0) is 35.4 Å². The highest BCUT2D eigenvalue weighted by Gasteiger charge is 2.31. The molecule has 0 aromatic heterocycles. The van der Waals surface area contributed by atoms with E-state index in [4.69, 9.17) is 4.74 Å². The summed E-state index contributed by atoms with van der Waals surface area (Å²) in [5, 5.41) is 3.22. The third-order valence-corrected chi connectivity index (χ3v) is 5.73. The van der Waals surface area contributed by atoms with Crippen LogP contribution in [0.3, 0.4) is 0 Å². The molecule has 0 aliphatic carbocycles. The van der Waals surface area contributed by atoms with Gasteiger partial charge in [-0.1, -0.05) is 24.3 Å². The lowest BCUT2D eigenvalue weighted by molar-refractivity contribution is -0.137. The molecule has 1 heterocycles. The van der Waals surface area contributed by atoms with Crippen LogP contribution < -0.4 is 5.32 Å². The fourth-order valence-corrected chi connectivity index (χ4v) is 3.81. The van der Waals surface area contributed by atoms with Crippen LogP contribution in [0.1, 0.15) is 22.6 Å². The smallest absolute Gasteiger partial charge is 0.372 e. The summed E-state index contributed by atoms with van der Waals surface area (Å²) in [6, 6.07) is 11.7. The molecule has 8 heteroatoms. The molecule has 0 unspecified atom stereocenters. The average Bonchev–Trinajstić information content (AvgIpc) is 3.07. The molecule has 1 N–H and O–H groups in total. The molecule has 3 rings (SSSR count). The molecule has 0 bridgehead atoms. The lowest BCUT2D eigenvalue weighted by Gasteiger charge is -2.20. The van der Waals surface area contributed by atoms with Crippen molar-refractivity contribution >= 4 is 9.84 Å². The van der Waals surface area contributed by atoms with Crippen molar-refractivity contribution in [3.05, 3.63) is 65.2 Å². The Hall–Kier alpha value is -1.90. The van der Waals surface area contributed by atoms with Crippen molar-refractivity contribution in [3.63, 3.8) is 0 Å². The van der Waals surface area contributed by atoms with Crippen LogP contribution in [0.15, 0.2) is 53.4 Å². The van der Waals surface area contributed by atoms with E-state index in [1.165, 1.54) is 12.1 Å². The quantitative estimate of drug-likeness (QED) is 0.838. The molecule has 0 amide bonds. The fraction of sp³-hybridized carbons (Fsp3) is 0.368. The van der Waals surface area contributed by atoms with Crippen LogP contribution >= 0.6 is 0 Å². The zero-order valence-electron chi connectivity index (χ0n) is 14.7. The summed E-state index contributed by atoms with van der Waals surface area (Å²) in [5.74, 6) is -0.0267. The van der Waals surface area contributed by atoms with Gasteiger partial charge in [0.2, 0.25) is 0 Å². The van der Waals surface area contributed by atoms with E-state index < -0.39 is 21.6 Å². The number of hydrogen-bond donors (Lipinski definition) is 1. The predicted octanol–water partition coefficient (Wildman–Crippen LogP) is 3.38. The Kier molecular flexibility index (Phi) is 5.60. The van der Waals surface area contributed by atoms with Crippen molar-refractivity contribution in [2.75, 3.05) is 19.3 Å². The van der Waals surface area contributed by atoms with Crippen LogP contribution in [0.4, 0.5) is 13.2 Å². The second-order valence-corrected chi connectivity index (χ2v) is 8.67. The van der Waals surface area contributed by atoms with Crippen LogP contribution in [-0.2, 0) is 27.4 Å². The zero-order valence-corrected chi connectivity index (χ0v) is 15.5. The molecule has 2 aromatic rings. The molecule has 2 aromatic carbocycles. The maximum absolute atomic E-state index is 12.6. The van der Waals surface area contributed by atoms with Crippen LogP contribution in [0.5, 0.6) is 0 Å². The van der Waals surface area contributed by atoms with E-state index in [0.29, 0.717) is 18.7 Å². The van der Waals surface area contributed by atoms with Crippen LogP contribution in [0.25, 0.3) is 0 Å². The Morgan fingerprint density at radius 1 is 1.11 bits per heavy atom. The van der Waals surface area contributed by atoms with Gasteiger partial charge >= 0.3 is 6.18 Å². The van der Waals surface area contributed by atoms with Crippen LogP contribution in [0, 0.1) is 0 Å². The maximum atomic E-state index is 12.6. The molecule has 1 aliphatic rings. The molecular formula is C19H20F3NO3S. The first-order valence-corrected chi connectivity index (χ1v) is 10.3. The summed E-state index contributed by atoms with van der Waals surface area (Å²) in [4.78, 5) is 0.258. The van der Waals surface area contributed by atoms with Gasteiger partial charge in [-0.15, -0.1) is 0 Å². The summed E-state index contributed by atoms with van der Waals surface area (Å²) < 4.78 is 67.3. The highest BCUT2D eigenvalue weighted by Crippen LogP contribution is 2.30. The standard InChI is InChI=1S/C19H20F3NO3S/c1-27(24,25)16-4-2-3-14(9-16)17-10-23-11-18(17)26-12-13-5-7-15(8-6-13)19(20,21)22/h2-9,17-18,23H,10-12H2,1H3/t17-,18+/m0/s1. The SMILES string of the molecule is CS(=O)(=O)c1cccc([C@@H]2CNC[C@H]2OCc2ccc(C(F)(F)F)cc2)c1. The minimum atomic E-state index is -4.36. The van der Waals surface area contributed by atoms with Crippen LogP contribution in [0.2, 0.25) is 0 Å². The number of hydrogen-bond acceptors (Lipinski definition) is 4. The largest absolute Gasteiger partial charge is 0.416 e. The summed E-state index contributed by atoms with van der Waals surface area (Å²) in [5.41, 5.74) is 0.822. The summed E-state index contributed by atoms with van der Waals surface area (Å²) in [7, 11) is -3.30. The Morgan fingerprint density at radius 2 is 1.81 bits per heavy atom. The summed E-state index contributed by atoms with van der Waals surface area (Å²) >= 11 is 0. The highest BCUT2D eigenvalue weighted by molar-refractivity contribution is 7.90. The number of ether oxygens (including phenoxy) is 1. The van der Waals surface area contributed by atoms with Gasteiger partial charge in [-0.25, -0.2) is 8.42 Å². The fourth-order valence-electron chi connectivity index (χ4n) is 3.13. The number of alkyl halides is 3. The lowest BCUT2D eigenvalue weighted by Crippen LogP contribution is -2.21. The molecule has 4 nitrogen and oxygen atoms in total. The molecular weight excluding hydrogens is 379 g/mol. The third kappa shape index (κ3) is 4.88. The highest BCUT2D eigenvalue weighted by atomic mass is 32.2. The minimum Gasteiger partial charge on any atom is -0.372 e. The van der Waals surface area contributed by atoms with E-state index in [0.717, 1.165) is 24.0 Å². The Bertz CT molecular complexity index is 895. The van der Waals surface area contributed by atoms with Gasteiger partial charge in [0.05, 0.1) is 23.2 Å². The van der Waals surface area contributed by atoms with E-state index in [2.05, 4.69) is 5.32 Å². The van der Waals surface area contributed by atoms with Gasteiger partial charge in [0.25, 0.3) is 0 Å². The van der Waals surface area contributed by atoms with Gasteiger partial charge < -0.3 is 10.1 Å². The number of nitrogens with one attached hydrogen (secondary N) is 1. The van der Waals surface area contributed by atoms with E-state index in [1.54, 1.807) is 18.2 Å². The zero-order chi connectivity index (χ0) is 19.7. The van der Waals surface area contributed by atoms with Crippen molar-refractivity contribution < 1.29 is 26.3 Å².